The predicted octanol–water partition coefficient (Wildman–Crippen LogP) is 6.56. The largest absolute Gasteiger partial charge is 0.329 e. The van der Waals surface area contributed by atoms with Crippen LogP contribution in [0.3, 0.4) is 0 Å². The lowest BCUT2D eigenvalue weighted by atomic mass is 9.86. The van der Waals surface area contributed by atoms with Crippen LogP contribution in [0.4, 0.5) is 15.8 Å². The van der Waals surface area contributed by atoms with Gasteiger partial charge < -0.3 is 36.5 Å². The Kier molecular flexibility index (Phi) is 11.5. The Balaban J connectivity index is 1.20. The van der Waals surface area contributed by atoms with Gasteiger partial charge in [0.15, 0.2) is 0 Å². The quantitative estimate of drug-likeness (QED) is 0.152. The van der Waals surface area contributed by atoms with E-state index in [4.69, 9.17) is 11.5 Å². The fourth-order valence-electron chi connectivity index (χ4n) is 7.36. The van der Waals surface area contributed by atoms with E-state index in [0.29, 0.717) is 37.3 Å². The van der Waals surface area contributed by atoms with Gasteiger partial charge in [-0.15, -0.1) is 0 Å². The lowest BCUT2D eigenvalue weighted by Crippen LogP contribution is -2.54. The van der Waals surface area contributed by atoms with Crippen molar-refractivity contribution in [1.29, 1.82) is 0 Å². The van der Waals surface area contributed by atoms with E-state index in [1.165, 1.54) is 12.1 Å². The minimum atomic E-state index is -0.707. The third kappa shape index (κ3) is 8.56. The smallest absolute Gasteiger partial charge is 0.247 e. The predicted molar refractivity (Wildman–Crippen MR) is 218 cm³/mol. The lowest BCUT2D eigenvalue weighted by Gasteiger charge is -2.32. The third-order valence-corrected chi connectivity index (χ3v) is 10.9. The molecule has 0 bridgehead atoms. The summed E-state index contributed by atoms with van der Waals surface area (Å²) in [5, 5.41) is 5.97. The number of hydrogen-bond donors (Lipinski definition) is 4. The average molecular weight is 764 g/mol. The maximum absolute atomic E-state index is 14.1. The molecule has 0 spiro atoms. The number of likely N-dealkylation sites (tertiary alicyclic amines) is 2. The molecule has 3 aromatic carbocycles. The molecule has 0 unspecified atom stereocenters. The van der Waals surface area contributed by atoms with E-state index in [0.717, 1.165) is 41.0 Å². The molecule has 3 heterocycles. The SMILES string of the molecule is CC(C)(C)[C@H](N)C(=O)N1CCC[C@H]1C(=O)Nc1ccc(-c2ccc(-c3ccc(NC(=O)[C@@H]4CCCN4C(=O)[C@@H](N)C(C)(C)C)cc3)n2-c2ccc(F)cc2)cc1. The van der Waals surface area contributed by atoms with Crippen LogP contribution in [0.5, 0.6) is 0 Å². The molecule has 0 saturated carbocycles. The van der Waals surface area contributed by atoms with E-state index >= 15 is 0 Å². The summed E-state index contributed by atoms with van der Waals surface area (Å²) in [5.41, 5.74) is 17.0. The summed E-state index contributed by atoms with van der Waals surface area (Å²) in [4.78, 5) is 56.4. The van der Waals surface area contributed by atoms with Gasteiger partial charge in [0, 0.05) is 30.2 Å². The number of carbonyl (C=O) groups excluding carboxylic acids is 4. The number of aromatic nitrogens is 1. The van der Waals surface area contributed by atoms with Crippen molar-refractivity contribution in [1.82, 2.24) is 14.4 Å². The highest BCUT2D eigenvalue weighted by atomic mass is 19.1. The number of benzene rings is 3. The highest BCUT2D eigenvalue weighted by molar-refractivity contribution is 5.99. The highest BCUT2D eigenvalue weighted by Crippen LogP contribution is 2.34. The Morgan fingerprint density at radius 1 is 0.607 bits per heavy atom. The van der Waals surface area contributed by atoms with Gasteiger partial charge in [0.1, 0.15) is 17.9 Å². The van der Waals surface area contributed by atoms with E-state index in [2.05, 4.69) is 10.6 Å². The normalized spacial score (nSPS) is 18.4. The molecule has 6 rings (SSSR count). The molecule has 1 aromatic heterocycles. The van der Waals surface area contributed by atoms with Crippen LogP contribution in [-0.4, -0.2) is 75.3 Å². The van der Waals surface area contributed by atoms with Crippen LogP contribution in [0.25, 0.3) is 28.2 Å². The van der Waals surface area contributed by atoms with Crippen LogP contribution in [0.1, 0.15) is 67.2 Å². The second-order valence-corrected chi connectivity index (χ2v) is 17.1. The first-order valence-corrected chi connectivity index (χ1v) is 19.4. The van der Waals surface area contributed by atoms with Crippen LogP contribution in [-0.2, 0) is 19.2 Å². The third-order valence-electron chi connectivity index (χ3n) is 10.9. The van der Waals surface area contributed by atoms with Gasteiger partial charge in [-0.05, 0) is 108 Å². The standard InChI is InChI=1S/C44H54FN7O4/c1-43(2,3)37(46)41(55)50-25-7-9-35(50)39(53)48-30-17-11-27(12-18-30)33-23-24-34(52(33)32-21-15-29(45)16-22-32)28-13-19-31(20-14-28)49-40(54)36-10-8-26-51(36)42(56)38(47)44(4,5)6/h11-24,35-38H,7-10,25-26,46-47H2,1-6H3,(H,48,53)(H,49,54)/t35-,36-,37+,38+/m0/s1. The molecular weight excluding hydrogens is 710 g/mol. The van der Waals surface area contributed by atoms with Crippen molar-refractivity contribution in [3.05, 3.63) is 90.7 Å². The number of nitrogens with one attached hydrogen (secondary N) is 2. The first-order valence-electron chi connectivity index (χ1n) is 19.4. The maximum Gasteiger partial charge on any atom is 0.247 e. The number of hydrogen-bond acceptors (Lipinski definition) is 6. The topological polar surface area (TPSA) is 156 Å². The van der Waals surface area contributed by atoms with Gasteiger partial charge in [-0.3, -0.25) is 19.2 Å². The zero-order valence-corrected chi connectivity index (χ0v) is 33.1. The van der Waals surface area contributed by atoms with Gasteiger partial charge in [0.05, 0.1) is 23.5 Å². The van der Waals surface area contributed by atoms with Crippen LogP contribution in [0.15, 0.2) is 84.9 Å². The first-order chi connectivity index (χ1) is 26.4. The Morgan fingerprint density at radius 3 is 1.34 bits per heavy atom. The Labute approximate surface area is 328 Å². The molecular formula is C44H54FN7O4. The van der Waals surface area contributed by atoms with Crippen LogP contribution >= 0.6 is 0 Å². The molecule has 0 radical (unpaired) electrons. The molecule has 2 aliphatic heterocycles. The molecule has 2 saturated heterocycles. The van der Waals surface area contributed by atoms with E-state index < -0.39 is 35.0 Å². The molecule has 2 fully saturated rings. The summed E-state index contributed by atoms with van der Waals surface area (Å²) in [6, 6.07) is 22.6. The molecule has 0 aliphatic carbocycles. The summed E-state index contributed by atoms with van der Waals surface area (Å²) in [6.45, 7) is 12.5. The summed E-state index contributed by atoms with van der Waals surface area (Å²) >= 11 is 0. The molecule has 56 heavy (non-hydrogen) atoms. The van der Waals surface area contributed by atoms with Crippen molar-refractivity contribution in [2.24, 2.45) is 22.3 Å². The number of nitrogens with zero attached hydrogens (tertiary/aromatic N) is 3. The number of nitrogens with two attached hydrogens (primary N) is 2. The number of halogens is 1. The van der Waals surface area contributed by atoms with Gasteiger partial charge in [0.25, 0.3) is 0 Å². The second kappa shape index (κ2) is 16.0. The maximum atomic E-state index is 14.1. The van der Waals surface area contributed by atoms with Crippen LogP contribution < -0.4 is 22.1 Å². The van der Waals surface area contributed by atoms with Gasteiger partial charge in [-0.25, -0.2) is 4.39 Å². The fourth-order valence-corrected chi connectivity index (χ4v) is 7.36. The van der Waals surface area contributed by atoms with Gasteiger partial charge in [-0.2, -0.15) is 0 Å². The van der Waals surface area contributed by atoms with Gasteiger partial charge in [-0.1, -0.05) is 65.8 Å². The van der Waals surface area contributed by atoms with E-state index in [-0.39, 0.29) is 29.4 Å². The highest BCUT2D eigenvalue weighted by Gasteiger charge is 2.41. The zero-order valence-electron chi connectivity index (χ0n) is 33.1. The first kappa shape index (κ1) is 40.3. The summed E-state index contributed by atoms with van der Waals surface area (Å²) < 4.78 is 16.1. The summed E-state index contributed by atoms with van der Waals surface area (Å²) in [7, 11) is 0. The Hall–Kier alpha value is -5.33. The number of carbonyl (C=O) groups is 4. The molecule has 2 aliphatic rings. The molecule has 11 nitrogen and oxygen atoms in total. The van der Waals surface area contributed by atoms with Crippen molar-refractivity contribution in [2.75, 3.05) is 23.7 Å². The molecule has 4 atom stereocenters. The van der Waals surface area contributed by atoms with Crippen molar-refractivity contribution in [3.8, 4) is 28.2 Å². The molecule has 4 amide bonds. The van der Waals surface area contributed by atoms with Gasteiger partial charge in [0.2, 0.25) is 23.6 Å². The number of anilines is 2. The Bertz CT molecular complexity index is 1940. The molecule has 6 N–H and O–H groups in total. The summed E-state index contributed by atoms with van der Waals surface area (Å²) in [5.74, 6) is -1.28. The molecule has 4 aromatic rings. The minimum absolute atomic E-state index is 0.215. The molecule has 296 valence electrons. The van der Waals surface area contributed by atoms with E-state index in [9.17, 15) is 23.6 Å². The zero-order chi connectivity index (χ0) is 40.5. The monoisotopic (exact) mass is 763 g/mol. The van der Waals surface area contributed by atoms with Crippen molar-refractivity contribution in [2.45, 2.75) is 91.4 Å². The fraction of sp³-hybridized carbons (Fsp3) is 0.409. The van der Waals surface area contributed by atoms with Crippen LogP contribution in [0.2, 0.25) is 0 Å². The van der Waals surface area contributed by atoms with E-state index in [1.807, 2.05) is 107 Å². The van der Waals surface area contributed by atoms with E-state index in [1.54, 1.807) is 21.9 Å². The second-order valence-electron chi connectivity index (χ2n) is 17.1. The molecule has 12 heteroatoms. The number of amides is 4. The number of rotatable bonds is 9. The van der Waals surface area contributed by atoms with Crippen LogP contribution in [0, 0.1) is 16.6 Å². The van der Waals surface area contributed by atoms with Crippen molar-refractivity contribution in [3.63, 3.8) is 0 Å². The van der Waals surface area contributed by atoms with Gasteiger partial charge >= 0.3 is 0 Å². The Morgan fingerprint density at radius 2 is 0.982 bits per heavy atom. The van der Waals surface area contributed by atoms with Crippen molar-refractivity contribution < 1.29 is 23.6 Å². The summed E-state index contributed by atoms with van der Waals surface area (Å²) in [6.07, 6.45) is 2.60. The average Bonchev–Trinajstić information content (AvgIpc) is 3.95. The van der Waals surface area contributed by atoms with Crippen molar-refractivity contribution >= 4 is 35.0 Å². The minimum Gasteiger partial charge on any atom is -0.329 e. The lowest BCUT2D eigenvalue weighted by molar-refractivity contribution is -0.139.